The topological polar surface area (TPSA) is 55.9 Å². The van der Waals surface area contributed by atoms with Crippen molar-refractivity contribution in [1.29, 1.82) is 0 Å². The summed E-state index contributed by atoms with van der Waals surface area (Å²) in [6.45, 7) is 4.67. The summed E-state index contributed by atoms with van der Waals surface area (Å²) in [7, 11) is 0. The Morgan fingerprint density at radius 2 is 2.44 bits per heavy atom. The number of hydrogen-bond acceptors (Lipinski definition) is 4. The average molecular weight is 236 g/mol. The zero-order valence-corrected chi connectivity index (χ0v) is 10.1. The SMILES string of the molecule is Cc1cnn(CCNCc2sccc2N)c1. The lowest BCUT2D eigenvalue weighted by molar-refractivity contribution is 0.557. The van der Waals surface area contributed by atoms with Crippen LogP contribution in [0.4, 0.5) is 5.69 Å². The van der Waals surface area contributed by atoms with Gasteiger partial charge in [-0.05, 0) is 23.9 Å². The first-order chi connectivity index (χ1) is 7.75. The first-order valence-corrected chi connectivity index (χ1v) is 6.15. The Morgan fingerprint density at radius 1 is 1.56 bits per heavy atom. The van der Waals surface area contributed by atoms with E-state index in [2.05, 4.69) is 10.4 Å². The van der Waals surface area contributed by atoms with Crippen molar-refractivity contribution in [3.8, 4) is 0 Å². The summed E-state index contributed by atoms with van der Waals surface area (Å²) in [5.41, 5.74) is 7.87. The number of rotatable bonds is 5. The number of anilines is 1. The Hall–Kier alpha value is -1.33. The van der Waals surface area contributed by atoms with Crippen LogP contribution < -0.4 is 11.1 Å². The Balaban J connectivity index is 1.71. The summed E-state index contributed by atoms with van der Waals surface area (Å²) in [4.78, 5) is 1.21. The van der Waals surface area contributed by atoms with E-state index in [0.717, 1.165) is 25.3 Å². The van der Waals surface area contributed by atoms with Crippen LogP contribution in [0.15, 0.2) is 23.8 Å². The van der Waals surface area contributed by atoms with E-state index in [0.29, 0.717) is 0 Å². The fourth-order valence-corrected chi connectivity index (χ4v) is 2.25. The number of nitrogens with two attached hydrogens (primary N) is 1. The molecule has 2 heterocycles. The van der Waals surface area contributed by atoms with Gasteiger partial charge < -0.3 is 11.1 Å². The van der Waals surface area contributed by atoms with Gasteiger partial charge in [-0.1, -0.05) is 0 Å². The fourth-order valence-electron chi connectivity index (χ4n) is 1.48. The number of nitrogen functional groups attached to an aromatic ring is 1. The third-order valence-electron chi connectivity index (χ3n) is 2.35. The lowest BCUT2D eigenvalue weighted by atomic mass is 10.4. The molecule has 0 unspecified atom stereocenters. The molecular formula is C11H16N4S. The molecule has 0 aliphatic rings. The minimum atomic E-state index is 0.837. The molecule has 0 aromatic carbocycles. The minimum Gasteiger partial charge on any atom is -0.398 e. The number of thiophene rings is 1. The van der Waals surface area contributed by atoms with E-state index in [1.807, 2.05) is 35.4 Å². The Morgan fingerprint density at radius 3 is 3.06 bits per heavy atom. The van der Waals surface area contributed by atoms with Crippen molar-refractivity contribution in [2.45, 2.75) is 20.0 Å². The highest BCUT2D eigenvalue weighted by molar-refractivity contribution is 7.10. The van der Waals surface area contributed by atoms with Gasteiger partial charge in [0.25, 0.3) is 0 Å². The zero-order chi connectivity index (χ0) is 11.4. The summed E-state index contributed by atoms with van der Waals surface area (Å²) in [5, 5.41) is 9.60. The first kappa shape index (κ1) is 11.2. The minimum absolute atomic E-state index is 0.837. The summed E-state index contributed by atoms with van der Waals surface area (Å²) < 4.78 is 1.94. The number of hydrogen-bond donors (Lipinski definition) is 2. The van der Waals surface area contributed by atoms with Crippen LogP contribution in [0, 0.1) is 6.92 Å². The summed E-state index contributed by atoms with van der Waals surface area (Å²) in [6.07, 6.45) is 3.92. The molecule has 0 aliphatic heterocycles. The molecule has 2 aromatic rings. The maximum atomic E-state index is 5.79. The van der Waals surface area contributed by atoms with Crippen molar-refractivity contribution in [2.24, 2.45) is 0 Å². The molecular weight excluding hydrogens is 220 g/mol. The van der Waals surface area contributed by atoms with Crippen LogP contribution in [0.5, 0.6) is 0 Å². The second-order valence-electron chi connectivity index (χ2n) is 3.76. The van der Waals surface area contributed by atoms with E-state index in [9.17, 15) is 0 Å². The van der Waals surface area contributed by atoms with Gasteiger partial charge in [0, 0.05) is 29.9 Å². The first-order valence-electron chi connectivity index (χ1n) is 5.27. The van der Waals surface area contributed by atoms with Crippen molar-refractivity contribution in [1.82, 2.24) is 15.1 Å². The van der Waals surface area contributed by atoms with Crippen LogP contribution >= 0.6 is 11.3 Å². The van der Waals surface area contributed by atoms with Crippen LogP contribution in [-0.4, -0.2) is 16.3 Å². The Labute approximate surface area is 99.1 Å². The van der Waals surface area contributed by atoms with Gasteiger partial charge in [0.1, 0.15) is 0 Å². The maximum absolute atomic E-state index is 5.79. The fraction of sp³-hybridized carbons (Fsp3) is 0.364. The Kier molecular flexibility index (Phi) is 3.58. The molecule has 0 radical (unpaired) electrons. The molecule has 3 N–H and O–H groups in total. The number of aromatic nitrogens is 2. The van der Waals surface area contributed by atoms with E-state index in [4.69, 9.17) is 5.73 Å². The molecule has 0 aliphatic carbocycles. The summed E-state index contributed by atoms with van der Waals surface area (Å²) in [6, 6.07) is 1.94. The molecule has 5 heteroatoms. The van der Waals surface area contributed by atoms with Crippen LogP contribution in [0.3, 0.4) is 0 Å². The number of nitrogens with one attached hydrogen (secondary N) is 1. The van der Waals surface area contributed by atoms with Gasteiger partial charge in [-0.2, -0.15) is 5.10 Å². The normalized spacial score (nSPS) is 10.8. The summed E-state index contributed by atoms with van der Waals surface area (Å²) in [5.74, 6) is 0. The predicted molar refractivity (Wildman–Crippen MR) is 67.4 cm³/mol. The van der Waals surface area contributed by atoms with E-state index < -0.39 is 0 Å². The predicted octanol–water partition coefficient (Wildman–Crippen LogP) is 1.63. The highest BCUT2D eigenvalue weighted by Gasteiger charge is 1.99. The largest absolute Gasteiger partial charge is 0.398 e. The molecule has 16 heavy (non-hydrogen) atoms. The third kappa shape index (κ3) is 2.84. The van der Waals surface area contributed by atoms with Crippen molar-refractivity contribution < 1.29 is 0 Å². The monoisotopic (exact) mass is 236 g/mol. The van der Waals surface area contributed by atoms with Crippen LogP contribution in [0.25, 0.3) is 0 Å². The molecule has 0 bridgehead atoms. The van der Waals surface area contributed by atoms with Crippen molar-refractivity contribution in [2.75, 3.05) is 12.3 Å². The van der Waals surface area contributed by atoms with Gasteiger partial charge in [-0.3, -0.25) is 4.68 Å². The molecule has 0 fully saturated rings. The molecule has 2 aromatic heterocycles. The van der Waals surface area contributed by atoms with Gasteiger partial charge in [0.2, 0.25) is 0 Å². The molecule has 2 rings (SSSR count). The van der Waals surface area contributed by atoms with Gasteiger partial charge >= 0.3 is 0 Å². The molecule has 0 amide bonds. The van der Waals surface area contributed by atoms with Crippen molar-refractivity contribution >= 4 is 17.0 Å². The highest BCUT2D eigenvalue weighted by atomic mass is 32.1. The lowest BCUT2D eigenvalue weighted by Crippen LogP contribution is -2.19. The quantitative estimate of drug-likeness (QED) is 0.776. The summed E-state index contributed by atoms with van der Waals surface area (Å²) >= 11 is 1.69. The van der Waals surface area contributed by atoms with E-state index in [1.165, 1.54) is 10.4 Å². The smallest absolute Gasteiger partial charge is 0.0534 e. The standard InChI is InChI=1S/C11H16N4S/c1-9-6-14-15(8-9)4-3-13-7-11-10(12)2-5-16-11/h2,5-6,8,13H,3-4,7,12H2,1H3. The number of nitrogens with zero attached hydrogens (tertiary/aromatic N) is 2. The Bertz CT molecular complexity index is 446. The highest BCUT2D eigenvalue weighted by Crippen LogP contribution is 2.17. The van der Waals surface area contributed by atoms with Gasteiger partial charge in [0.05, 0.1) is 12.7 Å². The van der Waals surface area contributed by atoms with Crippen LogP contribution in [0.2, 0.25) is 0 Å². The van der Waals surface area contributed by atoms with E-state index in [-0.39, 0.29) is 0 Å². The molecule has 0 atom stereocenters. The molecule has 0 saturated carbocycles. The average Bonchev–Trinajstić information content (AvgIpc) is 2.83. The van der Waals surface area contributed by atoms with Crippen LogP contribution in [-0.2, 0) is 13.1 Å². The van der Waals surface area contributed by atoms with Crippen molar-refractivity contribution in [3.05, 3.63) is 34.3 Å². The number of aryl methyl sites for hydroxylation is 1. The van der Waals surface area contributed by atoms with Gasteiger partial charge in [0.15, 0.2) is 0 Å². The molecule has 4 nitrogen and oxygen atoms in total. The maximum Gasteiger partial charge on any atom is 0.0534 e. The molecule has 0 spiro atoms. The zero-order valence-electron chi connectivity index (χ0n) is 9.31. The van der Waals surface area contributed by atoms with Gasteiger partial charge in [-0.15, -0.1) is 11.3 Å². The lowest BCUT2D eigenvalue weighted by Gasteiger charge is -2.04. The van der Waals surface area contributed by atoms with Crippen molar-refractivity contribution in [3.63, 3.8) is 0 Å². The molecule has 0 saturated heterocycles. The van der Waals surface area contributed by atoms with E-state index in [1.54, 1.807) is 11.3 Å². The second kappa shape index (κ2) is 5.14. The van der Waals surface area contributed by atoms with Crippen LogP contribution in [0.1, 0.15) is 10.4 Å². The second-order valence-corrected chi connectivity index (χ2v) is 4.76. The van der Waals surface area contributed by atoms with Gasteiger partial charge in [-0.25, -0.2) is 0 Å². The molecule has 86 valence electrons. The third-order valence-corrected chi connectivity index (χ3v) is 3.28. The van der Waals surface area contributed by atoms with E-state index >= 15 is 0 Å².